The van der Waals surface area contributed by atoms with Crippen LogP contribution < -0.4 is 5.32 Å². The Labute approximate surface area is 355 Å². The third kappa shape index (κ3) is 29.6. The van der Waals surface area contributed by atoms with Gasteiger partial charge < -0.3 is 40.3 Å². The van der Waals surface area contributed by atoms with Crippen LogP contribution in [0, 0.1) is 0 Å². The van der Waals surface area contributed by atoms with Gasteiger partial charge in [0.2, 0.25) is 5.91 Å². The Kier molecular flexibility index (Phi) is 37.1. The summed E-state index contributed by atoms with van der Waals surface area (Å²) in [5.41, 5.74) is 0. The van der Waals surface area contributed by atoms with Crippen molar-refractivity contribution in [2.24, 2.45) is 0 Å². The molecule has 6 N–H and O–H groups in total. The van der Waals surface area contributed by atoms with E-state index < -0.39 is 49.5 Å². The fraction of sp³-hybridized carbons (Fsp3) is 0.857. The average Bonchev–Trinajstić information content (AvgIpc) is 3.22. The van der Waals surface area contributed by atoms with Gasteiger partial charge in [-0.25, -0.2) is 0 Å². The maximum atomic E-state index is 13.0. The van der Waals surface area contributed by atoms with Crippen LogP contribution in [-0.2, 0) is 14.3 Å². The van der Waals surface area contributed by atoms with E-state index in [-0.39, 0.29) is 12.5 Å². The first kappa shape index (κ1) is 54.4. The van der Waals surface area contributed by atoms with Crippen LogP contribution in [0.1, 0.15) is 213 Å². The molecule has 0 aromatic heterocycles. The van der Waals surface area contributed by atoms with Crippen molar-refractivity contribution in [2.45, 2.75) is 256 Å². The lowest BCUT2D eigenvalue weighted by Gasteiger charge is -2.40. The summed E-state index contributed by atoms with van der Waals surface area (Å²) < 4.78 is 11.2. The van der Waals surface area contributed by atoms with E-state index in [9.17, 15) is 30.3 Å². The summed E-state index contributed by atoms with van der Waals surface area (Å²) in [5, 5.41) is 54.2. The molecule has 1 heterocycles. The summed E-state index contributed by atoms with van der Waals surface area (Å²) >= 11 is 0. The van der Waals surface area contributed by atoms with Crippen molar-refractivity contribution in [3.8, 4) is 0 Å². The van der Waals surface area contributed by atoms with Crippen molar-refractivity contribution < 1.29 is 39.8 Å². The third-order valence-corrected chi connectivity index (χ3v) is 11.4. The van der Waals surface area contributed by atoms with Gasteiger partial charge in [0.1, 0.15) is 24.4 Å². The normalized spacial score (nSPS) is 21.1. The van der Waals surface area contributed by atoms with Crippen LogP contribution in [0.3, 0.4) is 0 Å². The summed E-state index contributed by atoms with van der Waals surface area (Å²) in [6, 6.07) is -0.822. The van der Waals surface area contributed by atoms with Gasteiger partial charge in [-0.05, 0) is 57.8 Å². The number of hydrogen-bond donors (Lipinski definition) is 6. The number of aliphatic hydroxyl groups is 5. The molecule has 1 fully saturated rings. The van der Waals surface area contributed by atoms with E-state index in [0.29, 0.717) is 6.42 Å². The highest BCUT2D eigenvalue weighted by molar-refractivity contribution is 5.76. The second-order valence-electron chi connectivity index (χ2n) is 16.9. The first-order chi connectivity index (χ1) is 28.3. The van der Waals surface area contributed by atoms with E-state index in [1.54, 1.807) is 6.08 Å². The lowest BCUT2D eigenvalue weighted by molar-refractivity contribution is -0.302. The average molecular weight is 822 g/mol. The number of amides is 1. The molecule has 7 atom stereocenters. The van der Waals surface area contributed by atoms with Gasteiger partial charge in [0.15, 0.2) is 6.29 Å². The van der Waals surface area contributed by atoms with Crippen LogP contribution in [0.2, 0.25) is 0 Å². The largest absolute Gasteiger partial charge is 0.394 e. The smallest absolute Gasteiger partial charge is 0.220 e. The van der Waals surface area contributed by atoms with Crippen molar-refractivity contribution >= 4 is 5.91 Å². The number of ether oxygens (including phenoxy) is 2. The predicted molar refractivity (Wildman–Crippen MR) is 240 cm³/mol. The minimum Gasteiger partial charge on any atom is -0.394 e. The van der Waals surface area contributed by atoms with Crippen LogP contribution in [0.5, 0.6) is 0 Å². The summed E-state index contributed by atoms with van der Waals surface area (Å²) in [7, 11) is 0. The molecule has 340 valence electrons. The number of aliphatic hydroxyl groups excluding tert-OH is 5. The molecule has 0 spiro atoms. The Morgan fingerprint density at radius 1 is 0.569 bits per heavy atom. The molecule has 1 aliphatic heterocycles. The number of hydrogen-bond acceptors (Lipinski definition) is 8. The molecule has 9 heteroatoms. The Hall–Kier alpha value is -1.59. The van der Waals surface area contributed by atoms with Crippen molar-refractivity contribution in [1.82, 2.24) is 5.32 Å². The first-order valence-electron chi connectivity index (χ1n) is 24.2. The van der Waals surface area contributed by atoms with Crippen LogP contribution in [0.15, 0.2) is 36.5 Å². The number of carbonyl (C=O) groups excluding carboxylic acids is 1. The Morgan fingerprint density at radius 2 is 0.983 bits per heavy atom. The molecule has 1 rings (SSSR count). The fourth-order valence-electron chi connectivity index (χ4n) is 7.52. The highest BCUT2D eigenvalue weighted by Gasteiger charge is 2.44. The molecular formula is C49H91NO8. The molecule has 0 radical (unpaired) electrons. The lowest BCUT2D eigenvalue weighted by atomic mass is 9.99. The Morgan fingerprint density at radius 3 is 1.45 bits per heavy atom. The van der Waals surface area contributed by atoms with E-state index in [2.05, 4.69) is 43.5 Å². The van der Waals surface area contributed by atoms with Crippen molar-refractivity contribution in [3.05, 3.63) is 36.5 Å². The predicted octanol–water partition coefficient (Wildman–Crippen LogP) is 10.5. The van der Waals surface area contributed by atoms with Gasteiger partial charge in [-0.3, -0.25) is 4.79 Å². The Balaban J connectivity index is 2.35. The molecule has 7 unspecified atom stereocenters. The maximum Gasteiger partial charge on any atom is 0.220 e. The minimum atomic E-state index is -1.57. The van der Waals surface area contributed by atoms with E-state index in [1.165, 1.54) is 141 Å². The van der Waals surface area contributed by atoms with Gasteiger partial charge in [-0.2, -0.15) is 0 Å². The van der Waals surface area contributed by atoms with Gasteiger partial charge in [-0.1, -0.05) is 185 Å². The van der Waals surface area contributed by atoms with Crippen LogP contribution in [-0.4, -0.2) is 87.5 Å². The second kappa shape index (κ2) is 39.5. The van der Waals surface area contributed by atoms with E-state index in [1.807, 2.05) is 6.08 Å². The number of unbranched alkanes of at least 4 members (excludes halogenated alkanes) is 26. The van der Waals surface area contributed by atoms with Crippen LogP contribution in [0.25, 0.3) is 0 Å². The molecule has 0 aromatic carbocycles. The van der Waals surface area contributed by atoms with Gasteiger partial charge >= 0.3 is 0 Å². The zero-order valence-electron chi connectivity index (χ0n) is 37.3. The fourth-order valence-corrected chi connectivity index (χ4v) is 7.52. The van der Waals surface area contributed by atoms with E-state index in [0.717, 1.165) is 51.4 Å². The molecular weight excluding hydrogens is 731 g/mol. The van der Waals surface area contributed by atoms with Gasteiger partial charge in [0.25, 0.3) is 0 Å². The lowest BCUT2D eigenvalue weighted by Crippen LogP contribution is -2.60. The van der Waals surface area contributed by atoms with Gasteiger partial charge in [-0.15, -0.1) is 0 Å². The topological polar surface area (TPSA) is 149 Å². The summed E-state index contributed by atoms with van der Waals surface area (Å²) in [5.74, 6) is -0.191. The molecule has 0 bridgehead atoms. The quantitative estimate of drug-likeness (QED) is 0.0264. The molecule has 0 aliphatic carbocycles. The monoisotopic (exact) mass is 822 g/mol. The molecule has 0 aromatic rings. The van der Waals surface area contributed by atoms with Gasteiger partial charge in [0.05, 0.1) is 25.4 Å². The summed E-state index contributed by atoms with van der Waals surface area (Å²) in [6.45, 7) is 3.76. The number of allylic oxidation sites excluding steroid dienone is 5. The second-order valence-corrected chi connectivity index (χ2v) is 16.9. The first-order valence-corrected chi connectivity index (χ1v) is 24.2. The number of nitrogens with one attached hydrogen (secondary N) is 1. The Bertz CT molecular complexity index is 1000. The maximum absolute atomic E-state index is 13.0. The van der Waals surface area contributed by atoms with E-state index in [4.69, 9.17) is 9.47 Å². The highest BCUT2D eigenvalue weighted by atomic mass is 16.7. The van der Waals surface area contributed by atoms with Crippen molar-refractivity contribution in [3.63, 3.8) is 0 Å². The molecule has 1 saturated heterocycles. The van der Waals surface area contributed by atoms with E-state index >= 15 is 0 Å². The van der Waals surface area contributed by atoms with Gasteiger partial charge in [0, 0.05) is 6.42 Å². The van der Waals surface area contributed by atoms with Crippen LogP contribution in [0.4, 0.5) is 0 Å². The SMILES string of the molecule is CCCCCCCCCC/C=C\CCCCCCCCCC(=O)NC(COC1OC(CO)C(O)C(O)C1O)C(O)/C=C/CC/C=C/CCCCCCCCCCCC. The summed E-state index contributed by atoms with van der Waals surface area (Å²) in [4.78, 5) is 13.0. The minimum absolute atomic E-state index is 0.191. The standard InChI is InChI=1S/C49H91NO8/c1-3-5-7-9-11-13-15-17-19-21-22-23-25-27-29-31-33-35-37-39-45(53)50-42(41-57-49-48(56)47(55)46(54)44(40-51)58-49)43(52)38-36-34-32-30-28-26-24-20-18-16-14-12-10-8-6-4-2/h21-22,28,30,36,38,42-44,46-49,51-52,54-56H,3-20,23-27,29,31-35,37,39-41H2,1-2H3,(H,50,53)/b22-21-,30-28+,38-36+. The summed E-state index contributed by atoms with van der Waals surface area (Å²) in [6.07, 6.45) is 41.9. The van der Waals surface area contributed by atoms with Crippen molar-refractivity contribution in [2.75, 3.05) is 13.2 Å². The zero-order chi connectivity index (χ0) is 42.3. The number of rotatable bonds is 40. The van der Waals surface area contributed by atoms with Crippen molar-refractivity contribution in [1.29, 1.82) is 0 Å². The van der Waals surface area contributed by atoms with Crippen LogP contribution >= 0.6 is 0 Å². The zero-order valence-corrected chi connectivity index (χ0v) is 37.3. The molecule has 58 heavy (non-hydrogen) atoms. The molecule has 1 aliphatic rings. The molecule has 1 amide bonds. The molecule has 0 saturated carbocycles. The number of carbonyl (C=O) groups is 1. The highest BCUT2D eigenvalue weighted by Crippen LogP contribution is 2.22. The third-order valence-electron chi connectivity index (χ3n) is 11.4. The molecule has 9 nitrogen and oxygen atoms in total.